The highest BCUT2D eigenvalue weighted by molar-refractivity contribution is 6.29. The summed E-state index contributed by atoms with van der Waals surface area (Å²) in [5.74, 6) is 0.305. The maximum absolute atomic E-state index is 10.6. The van der Waals surface area contributed by atoms with Gasteiger partial charge in [-0.2, -0.15) is 5.10 Å². The maximum Gasteiger partial charge on any atom is 0.270 e. The number of halogens is 1. The van der Waals surface area contributed by atoms with Crippen molar-refractivity contribution in [1.29, 1.82) is 0 Å². The summed E-state index contributed by atoms with van der Waals surface area (Å²) in [7, 11) is 0. The van der Waals surface area contributed by atoms with Crippen LogP contribution in [-0.4, -0.2) is 21.2 Å². The molecule has 1 aromatic carbocycles. The summed E-state index contributed by atoms with van der Waals surface area (Å²) in [5.41, 5.74) is 2.69. The van der Waals surface area contributed by atoms with Gasteiger partial charge in [-0.05, 0) is 18.2 Å². The van der Waals surface area contributed by atoms with Crippen LogP contribution in [0.3, 0.4) is 0 Å². The molecular formula is C12H9ClN4O3. The van der Waals surface area contributed by atoms with E-state index in [1.165, 1.54) is 24.4 Å². The van der Waals surface area contributed by atoms with Crippen LogP contribution < -0.4 is 5.43 Å². The third kappa shape index (κ3) is 3.42. The first kappa shape index (κ1) is 13.8. The third-order valence-electron chi connectivity index (χ3n) is 2.32. The molecule has 2 aromatic rings. The van der Waals surface area contributed by atoms with Gasteiger partial charge in [0.05, 0.1) is 11.1 Å². The normalized spacial score (nSPS) is 10.7. The third-order valence-corrected chi connectivity index (χ3v) is 2.53. The first-order valence-electron chi connectivity index (χ1n) is 5.45. The summed E-state index contributed by atoms with van der Waals surface area (Å²) in [6.45, 7) is 0. The first-order chi connectivity index (χ1) is 9.56. The molecule has 0 bridgehead atoms. The number of hydrazone groups is 1. The van der Waals surface area contributed by atoms with Crippen LogP contribution in [0.25, 0.3) is 0 Å². The van der Waals surface area contributed by atoms with Crippen molar-refractivity contribution < 1.29 is 10.0 Å². The van der Waals surface area contributed by atoms with Crippen molar-refractivity contribution in [3.05, 3.63) is 57.2 Å². The monoisotopic (exact) mass is 292 g/mol. The van der Waals surface area contributed by atoms with Gasteiger partial charge in [-0.15, -0.1) is 0 Å². The van der Waals surface area contributed by atoms with Crippen LogP contribution in [-0.2, 0) is 0 Å². The van der Waals surface area contributed by atoms with Gasteiger partial charge in [-0.1, -0.05) is 17.7 Å². The Morgan fingerprint density at radius 1 is 1.40 bits per heavy atom. The summed E-state index contributed by atoms with van der Waals surface area (Å²) in [4.78, 5) is 14.0. The van der Waals surface area contributed by atoms with E-state index in [9.17, 15) is 15.2 Å². The van der Waals surface area contributed by atoms with Crippen LogP contribution in [0, 0.1) is 10.1 Å². The Morgan fingerprint density at radius 3 is 2.90 bits per heavy atom. The molecule has 0 fully saturated rings. The zero-order valence-corrected chi connectivity index (χ0v) is 10.8. The molecule has 0 saturated heterocycles. The number of hydrogen-bond acceptors (Lipinski definition) is 6. The van der Waals surface area contributed by atoms with Crippen LogP contribution >= 0.6 is 11.6 Å². The van der Waals surface area contributed by atoms with Gasteiger partial charge in [0.25, 0.3) is 5.69 Å². The lowest BCUT2D eigenvalue weighted by Gasteiger charge is -2.00. The molecule has 0 saturated carbocycles. The number of rotatable bonds is 4. The highest BCUT2D eigenvalue weighted by Gasteiger charge is 2.08. The number of phenols is 1. The Morgan fingerprint density at radius 2 is 2.20 bits per heavy atom. The zero-order valence-electron chi connectivity index (χ0n) is 10.0. The molecule has 0 aliphatic rings. The number of nitrogens with one attached hydrogen (secondary N) is 1. The molecule has 102 valence electrons. The van der Waals surface area contributed by atoms with E-state index in [0.29, 0.717) is 11.0 Å². The summed E-state index contributed by atoms with van der Waals surface area (Å²) < 4.78 is 0. The van der Waals surface area contributed by atoms with E-state index in [1.54, 1.807) is 18.2 Å². The summed E-state index contributed by atoms with van der Waals surface area (Å²) in [6.07, 6.45) is 1.25. The van der Waals surface area contributed by atoms with Gasteiger partial charge in [-0.3, -0.25) is 15.5 Å². The van der Waals surface area contributed by atoms with Gasteiger partial charge in [-0.25, -0.2) is 4.98 Å². The molecule has 0 aliphatic heterocycles. The van der Waals surface area contributed by atoms with Crippen molar-refractivity contribution in [2.75, 3.05) is 5.43 Å². The quantitative estimate of drug-likeness (QED) is 0.390. The molecule has 8 heteroatoms. The first-order valence-corrected chi connectivity index (χ1v) is 5.83. The van der Waals surface area contributed by atoms with E-state index in [0.717, 1.165) is 0 Å². The lowest BCUT2D eigenvalue weighted by atomic mass is 10.2. The van der Waals surface area contributed by atoms with E-state index in [-0.39, 0.29) is 17.0 Å². The molecule has 20 heavy (non-hydrogen) atoms. The number of nitro groups is 1. The van der Waals surface area contributed by atoms with Crippen LogP contribution in [0.15, 0.2) is 41.5 Å². The molecule has 2 rings (SSSR count). The molecule has 0 unspecified atom stereocenters. The van der Waals surface area contributed by atoms with Gasteiger partial charge in [0.2, 0.25) is 0 Å². The molecular weight excluding hydrogens is 284 g/mol. The van der Waals surface area contributed by atoms with E-state index < -0.39 is 4.92 Å². The number of non-ortho nitro benzene ring substituents is 1. The average Bonchev–Trinajstić information content (AvgIpc) is 2.40. The largest absolute Gasteiger partial charge is 0.507 e. The van der Waals surface area contributed by atoms with Crippen molar-refractivity contribution >= 4 is 29.3 Å². The predicted octanol–water partition coefficient (Wildman–Crippen LogP) is 2.79. The molecule has 0 atom stereocenters. The molecule has 0 spiro atoms. The molecule has 1 aromatic heterocycles. The number of nitrogens with zero attached hydrogens (tertiary/aromatic N) is 3. The van der Waals surface area contributed by atoms with Crippen LogP contribution in [0.5, 0.6) is 5.75 Å². The average molecular weight is 293 g/mol. The topological polar surface area (TPSA) is 101 Å². The highest BCUT2D eigenvalue weighted by Crippen LogP contribution is 2.21. The Balaban J connectivity index is 2.15. The second-order valence-electron chi connectivity index (χ2n) is 3.72. The smallest absolute Gasteiger partial charge is 0.270 e. The number of phenolic OH excluding ortho intramolecular Hbond substituents is 1. The van der Waals surface area contributed by atoms with Crippen LogP contribution in [0.1, 0.15) is 5.56 Å². The van der Waals surface area contributed by atoms with Crippen molar-refractivity contribution in [2.24, 2.45) is 5.10 Å². The molecule has 0 radical (unpaired) electrons. The maximum atomic E-state index is 10.6. The highest BCUT2D eigenvalue weighted by atomic mass is 35.5. The summed E-state index contributed by atoms with van der Waals surface area (Å²) in [5, 5.41) is 24.4. The number of nitro benzene ring substituents is 1. The van der Waals surface area contributed by atoms with Crippen LogP contribution in [0.4, 0.5) is 11.5 Å². The Bertz CT molecular complexity index is 676. The lowest BCUT2D eigenvalue weighted by molar-refractivity contribution is -0.384. The van der Waals surface area contributed by atoms with Gasteiger partial charge in [0.1, 0.15) is 16.7 Å². The SMILES string of the molecule is O=[N+]([O-])c1ccc(O)c(C=NNc2cccc(Cl)n2)c1. The molecule has 7 nitrogen and oxygen atoms in total. The Kier molecular flexibility index (Phi) is 4.11. The number of hydrogen-bond donors (Lipinski definition) is 2. The van der Waals surface area contributed by atoms with E-state index >= 15 is 0 Å². The fraction of sp³-hybridized carbons (Fsp3) is 0. The molecule has 0 amide bonds. The number of pyridine rings is 1. The minimum absolute atomic E-state index is 0.111. The lowest BCUT2D eigenvalue weighted by Crippen LogP contribution is -1.95. The van der Waals surface area contributed by atoms with Crippen molar-refractivity contribution in [2.45, 2.75) is 0 Å². The minimum Gasteiger partial charge on any atom is -0.507 e. The fourth-order valence-electron chi connectivity index (χ4n) is 1.40. The van der Waals surface area contributed by atoms with Gasteiger partial charge in [0, 0.05) is 17.7 Å². The van der Waals surface area contributed by atoms with Gasteiger partial charge >= 0.3 is 0 Å². The summed E-state index contributed by atoms with van der Waals surface area (Å²) in [6, 6.07) is 8.61. The second-order valence-corrected chi connectivity index (χ2v) is 4.10. The summed E-state index contributed by atoms with van der Waals surface area (Å²) >= 11 is 5.70. The minimum atomic E-state index is -0.553. The van der Waals surface area contributed by atoms with E-state index in [1.807, 2.05) is 0 Å². The van der Waals surface area contributed by atoms with Crippen molar-refractivity contribution in [3.63, 3.8) is 0 Å². The number of aromatic nitrogens is 1. The number of benzene rings is 1. The van der Waals surface area contributed by atoms with Crippen molar-refractivity contribution in [1.82, 2.24) is 4.98 Å². The Hall–Kier alpha value is -2.67. The van der Waals surface area contributed by atoms with Gasteiger partial charge < -0.3 is 5.11 Å². The zero-order chi connectivity index (χ0) is 14.5. The number of aromatic hydroxyl groups is 1. The van der Waals surface area contributed by atoms with E-state index in [2.05, 4.69) is 15.5 Å². The standard InChI is InChI=1S/C12H9ClN4O3/c13-11-2-1-3-12(15-11)16-14-7-8-6-9(17(19)20)4-5-10(8)18/h1-7,18H,(H,15,16). The fourth-order valence-corrected chi connectivity index (χ4v) is 1.56. The predicted molar refractivity (Wildman–Crippen MR) is 75.2 cm³/mol. The number of anilines is 1. The van der Waals surface area contributed by atoms with Crippen LogP contribution in [0.2, 0.25) is 5.15 Å². The van der Waals surface area contributed by atoms with Gasteiger partial charge in [0.15, 0.2) is 0 Å². The molecule has 0 aliphatic carbocycles. The molecule has 1 heterocycles. The Labute approximate surface area is 118 Å². The second kappa shape index (κ2) is 5.98. The van der Waals surface area contributed by atoms with E-state index in [4.69, 9.17) is 11.6 Å². The molecule has 2 N–H and O–H groups in total. The van der Waals surface area contributed by atoms with Crippen molar-refractivity contribution in [3.8, 4) is 5.75 Å².